The van der Waals surface area contributed by atoms with Crippen molar-refractivity contribution in [1.82, 2.24) is 15.8 Å². The van der Waals surface area contributed by atoms with Crippen molar-refractivity contribution in [1.29, 1.82) is 0 Å². The molecular weight excluding hydrogens is 377 g/mol. The highest BCUT2D eigenvalue weighted by molar-refractivity contribution is 7.14. The van der Waals surface area contributed by atoms with Crippen LogP contribution in [0.4, 0.5) is 4.39 Å². The van der Waals surface area contributed by atoms with E-state index in [0.717, 1.165) is 10.6 Å². The second-order valence-electron chi connectivity index (χ2n) is 5.18. The van der Waals surface area contributed by atoms with Gasteiger partial charge in [-0.25, -0.2) is 9.37 Å². The second-order valence-corrected chi connectivity index (χ2v) is 6.82. The number of carbonyl (C=O) groups is 2. The minimum atomic E-state index is -0.996. The lowest BCUT2D eigenvalue weighted by molar-refractivity contribution is -0.128. The number of carbonyl (C=O) groups excluding carboxylic acids is 2. The first kappa shape index (κ1) is 18.0. The average Bonchev–Trinajstić information content (AvgIpc) is 3.32. The van der Waals surface area contributed by atoms with E-state index in [1.807, 2.05) is 16.8 Å². The lowest BCUT2D eigenvalue weighted by atomic mass is 10.3. The number of amides is 2. The smallest absolute Gasteiger partial charge is 0.289 e. The number of thiophene rings is 1. The molecule has 0 fully saturated rings. The Bertz CT molecular complexity index is 912. The van der Waals surface area contributed by atoms with Gasteiger partial charge in [0.15, 0.2) is 17.7 Å². The van der Waals surface area contributed by atoms with Crippen LogP contribution in [0.25, 0.3) is 10.6 Å². The number of benzene rings is 1. The van der Waals surface area contributed by atoms with E-state index in [2.05, 4.69) is 15.8 Å². The molecule has 0 aliphatic carbocycles. The molecule has 1 atom stereocenters. The number of hydrogen-bond acceptors (Lipinski definition) is 6. The third-order valence-corrected chi connectivity index (χ3v) is 4.89. The molecule has 2 N–H and O–H groups in total. The van der Waals surface area contributed by atoms with Crippen LogP contribution in [0.5, 0.6) is 5.75 Å². The molecule has 6 nitrogen and oxygen atoms in total. The van der Waals surface area contributed by atoms with Gasteiger partial charge in [-0.15, -0.1) is 11.3 Å². The highest BCUT2D eigenvalue weighted by atomic mass is 32.1. The van der Waals surface area contributed by atoms with Gasteiger partial charge in [0.25, 0.3) is 11.8 Å². The summed E-state index contributed by atoms with van der Waals surface area (Å²) in [5, 5.41) is 6.19. The summed E-state index contributed by atoms with van der Waals surface area (Å²) in [6, 6.07) is 7.67. The van der Waals surface area contributed by atoms with Gasteiger partial charge in [0.1, 0.15) is 10.7 Å². The fraction of sp³-hybridized carbons (Fsp3) is 0.118. The van der Waals surface area contributed by atoms with Crippen molar-refractivity contribution in [3.05, 3.63) is 58.0 Å². The van der Waals surface area contributed by atoms with Crippen LogP contribution < -0.4 is 15.6 Å². The summed E-state index contributed by atoms with van der Waals surface area (Å²) < 4.78 is 18.8. The van der Waals surface area contributed by atoms with Gasteiger partial charge in [0.05, 0.1) is 0 Å². The van der Waals surface area contributed by atoms with Crippen molar-refractivity contribution < 1.29 is 18.7 Å². The highest BCUT2D eigenvalue weighted by Crippen LogP contribution is 2.25. The van der Waals surface area contributed by atoms with E-state index in [9.17, 15) is 14.0 Å². The molecule has 0 spiro atoms. The molecular formula is C17H14FN3O3S2. The molecule has 0 saturated heterocycles. The molecule has 1 unspecified atom stereocenters. The number of para-hydroxylation sites is 1. The van der Waals surface area contributed by atoms with Crippen molar-refractivity contribution in [2.24, 2.45) is 0 Å². The Morgan fingerprint density at radius 2 is 2.00 bits per heavy atom. The molecule has 134 valence electrons. The standard InChI is InChI=1S/C17H14FN3O3S2/c1-10(24-14-5-3-2-4-12(14)18)15(22)20-21-16(23)13-9-26-17(19-13)11-6-7-25-8-11/h2-10H,1H3,(H,20,22)(H,21,23). The summed E-state index contributed by atoms with van der Waals surface area (Å²) in [4.78, 5) is 28.3. The van der Waals surface area contributed by atoms with Crippen LogP contribution in [0.1, 0.15) is 17.4 Å². The Labute approximate surface area is 156 Å². The second kappa shape index (κ2) is 8.07. The van der Waals surface area contributed by atoms with Gasteiger partial charge in [-0.05, 0) is 30.5 Å². The number of nitrogens with one attached hydrogen (secondary N) is 2. The molecule has 9 heteroatoms. The zero-order valence-corrected chi connectivity index (χ0v) is 15.2. The number of rotatable bonds is 5. The van der Waals surface area contributed by atoms with Gasteiger partial charge in [-0.1, -0.05) is 12.1 Å². The van der Waals surface area contributed by atoms with E-state index < -0.39 is 23.7 Å². The quantitative estimate of drug-likeness (QED) is 0.655. The lowest BCUT2D eigenvalue weighted by Gasteiger charge is -2.15. The third-order valence-electron chi connectivity index (χ3n) is 3.31. The number of ether oxygens (including phenoxy) is 1. The van der Waals surface area contributed by atoms with E-state index in [1.165, 1.54) is 47.8 Å². The monoisotopic (exact) mass is 391 g/mol. The van der Waals surface area contributed by atoms with Crippen LogP contribution in [-0.2, 0) is 4.79 Å². The maximum atomic E-state index is 13.5. The molecule has 3 rings (SSSR count). The molecule has 3 aromatic rings. The molecule has 0 aliphatic heterocycles. The van der Waals surface area contributed by atoms with E-state index in [-0.39, 0.29) is 11.4 Å². The number of thiazole rings is 1. The molecule has 0 bridgehead atoms. The Morgan fingerprint density at radius 1 is 1.19 bits per heavy atom. The SMILES string of the molecule is CC(Oc1ccccc1F)C(=O)NNC(=O)c1csc(-c2ccsc2)n1. The van der Waals surface area contributed by atoms with Gasteiger partial charge in [-0.3, -0.25) is 20.4 Å². The summed E-state index contributed by atoms with van der Waals surface area (Å²) in [5.74, 6) is -1.77. The molecule has 0 aliphatic rings. The van der Waals surface area contributed by atoms with E-state index in [4.69, 9.17) is 4.74 Å². The zero-order chi connectivity index (χ0) is 18.5. The summed E-state index contributed by atoms with van der Waals surface area (Å²) in [6.45, 7) is 1.45. The Kier molecular flexibility index (Phi) is 5.59. The molecule has 26 heavy (non-hydrogen) atoms. The van der Waals surface area contributed by atoms with E-state index in [1.54, 1.807) is 11.4 Å². The minimum absolute atomic E-state index is 0.0404. The predicted octanol–water partition coefficient (Wildman–Crippen LogP) is 3.24. The first-order valence-electron chi connectivity index (χ1n) is 7.54. The normalized spacial score (nSPS) is 11.6. The number of aromatic nitrogens is 1. The van der Waals surface area contributed by atoms with E-state index >= 15 is 0 Å². The molecule has 1 aromatic carbocycles. The molecule has 2 heterocycles. The summed E-state index contributed by atoms with van der Waals surface area (Å²) in [7, 11) is 0. The predicted molar refractivity (Wildman–Crippen MR) is 97.5 cm³/mol. The van der Waals surface area contributed by atoms with Gasteiger partial charge >= 0.3 is 0 Å². The van der Waals surface area contributed by atoms with Crippen molar-refractivity contribution in [2.75, 3.05) is 0 Å². The van der Waals surface area contributed by atoms with Crippen LogP contribution in [0.3, 0.4) is 0 Å². The van der Waals surface area contributed by atoms with Crippen molar-refractivity contribution in [3.8, 4) is 16.3 Å². The molecule has 2 aromatic heterocycles. The summed E-state index contributed by atoms with van der Waals surface area (Å²) in [6.07, 6.45) is -0.996. The number of hydrazine groups is 1. The van der Waals surface area contributed by atoms with Gasteiger partial charge in [-0.2, -0.15) is 11.3 Å². The first-order chi connectivity index (χ1) is 12.5. The summed E-state index contributed by atoms with van der Waals surface area (Å²) in [5.41, 5.74) is 5.65. The molecule has 2 amide bonds. The fourth-order valence-corrected chi connectivity index (χ4v) is 3.48. The average molecular weight is 391 g/mol. The Morgan fingerprint density at radius 3 is 2.73 bits per heavy atom. The number of nitrogens with zero attached hydrogens (tertiary/aromatic N) is 1. The van der Waals surface area contributed by atoms with Crippen LogP contribution >= 0.6 is 22.7 Å². The van der Waals surface area contributed by atoms with E-state index in [0.29, 0.717) is 0 Å². The topological polar surface area (TPSA) is 80.3 Å². The number of halogens is 1. The van der Waals surface area contributed by atoms with Gasteiger partial charge in [0.2, 0.25) is 0 Å². The largest absolute Gasteiger partial charge is 0.478 e. The molecule has 0 saturated carbocycles. The Balaban J connectivity index is 1.54. The molecule has 0 radical (unpaired) electrons. The van der Waals surface area contributed by atoms with Crippen molar-refractivity contribution in [3.63, 3.8) is 0 Å². The van der Waals surface area contributed by atoms with Crippen molar-refractivity contribution >= 4 is 34.5 Å². The summed E-state index contributed by atoms with van der Waals surface area (Å²) >= 11 is 2.87. The van der Waals surface area contributed by atoms with Crippen LogP contribution in [0, 0.1) is 5.82 Å². The Hall–Kier alpha value is -2.78. The van der Waals surface area contributed by atoms with Crippen LogP contribution in [-0.4, -0.2) is 22.9 Å². The van der Waals surface area contributed by atoms with Gasteiger partial charge in [0, 0.05) is 16.3 Å². The first-order valence-corrected chi connectivity index (χ1v) is 9.36. The maximum absolute atomic E-state index is 13.5. The van der Waals surface area contributed by atoms with Crippen LogP contribution in [0.15, 0.2) is 46.5 Å². The zero-order valence-electron chi connectivity index (χ0n) is 13.6. The number of hydrogen-bond donors (Lipinski definition) is 2. The lowest BCUT2D eigenvalue weighted by Crippen LogP contribution is -2.47. The maximum Gasteiger partial charge on any atom is 0.289 e. The van der Waals surface area contributed by atoms with Crippen LogP contribution in [0.2, 0.25) is 0 Å². The highest BCUT2D eigenvalue weighted by Gasteiger charge is 2.18. The van der Waals surface area contributed by atoms with Gasteiger partial charge < -0.3 is 4.74 Å². The van der Waals surface area contributed by atoms with Crippen molar-refractivity contribution in [2.45, 2.75) is 13.0 Å². The third kappa shape index (κ3) is 4.24. The minimum Gasteiger partial charge on any atom is -0.478 e. The fourth-order valence-electron chi connectivity index (χ4n) is 1.97.